The quantitative estimate of drug-likeness (QED) is 0.819. The fourth-order valence-corrected chi connectivity index (χ4v) is 3.12. The maximum Gasteiger partial charge on any atom is 0.409 e. The summed E-state index contributed by atoms with van der Waals surface area (Å²) in [6.07, 6.45) is 1.37. The van der Waals surface area contributed by atoms with E-state index in [0.717, 1.165) is 24.2 Å². The van der Waals surface area contributed by atoms with E-state index in [1.54, 1.807) is 17.0 Å². The molecule has 0 radical (unpaired) electrons. The predicted octanol–water partition coefficient (Wildman–Crippen LogP) is 3.43. The second-order valence-electron chi connectivity index (χ2n) is 6.64. The first-order valence-electron chi connectivity index (χ1n) is 9.38. The van der Waals surface area contributed by atoms with Crippen LogP contribution < -0.4 is 10.6 Å². The van der Waals surface area contributed by atoms with Crippen LogP contribution in [0.2, 0.25) is 0 Å². The number of hydrogen-bond donors (Lipinski definition) is 2. The standard InChI is InChI=1S/C20H24N6O2/c1-3-28-20(27)26-9-7-16(8-10-26)24-19-22-14(2)11-18(25-19)23-17-6-4-5-15(12-17)13-21/h4-6,11-12,16H,3,7-10H2,1-2H3,(H2,22,23,24,25). The molecule has 8 heteroatoms. The number of carbonyl (C=O) groups is 1. The minimum Gasteiger partial charge on any atom is -0.450 e. The van der Waals surface area contributed by atoms with Crippen molar-refractivity contribution in [3.05, 3.63) is 41.6 Å². The summed E-state index contributed by atoms with van der Waals surface area (Å²) in [6.45, 7) is 5.40. The summed E-state index contributed by atoms with van der Waals surface area (Å²) in [5, 5.41) is 15.6. The van der Waals surface area contributed by atoms with Crippen molar-refractivity contribution in [1.82, 2.24) is 14.9 Å². The van der Waals surface area contributed by atoms with Crippen molar-refractivity contribution in [3.63, 3.8) is 0 Å². The molecule has 1 aliphatic heterocycles. The van der Waals surface area contributed by atoms with Crippen LogP contribution in [-0.4, -0.2) is 46.7 Å². The minimum atomic E-state index is -0.251. The molecule has 0 atom stereocenters. The Morgan fingerprint density at radius 1 is 1.32 bits per heavy atom. The monoisotopic (exact) mass is 380 g/mol. The van der Waals surface area contributed by atoms with Crippen LogP contribution in [0, 0.1) is 18.3 Å². The molecule has 1 aromatic heterocycles. The Hall–Kier alpha value is -3.34. The number of anilines is 3. The number of rotatable bonds is 5. The lowest BCUT2D eigenvalue weighted by molar-refractivity contribution is 0.0983. The summed E-state index contributed by atoms with van der Waals surface area (Å²) in [5.74, 6) is 1.21. The highest BCUT2D eigenvalue weighted by Gasteiger charge is 2.24. The molecule has 2 aromatic rings. The van der Waals surface area contributed by atoms with Gasteiger partial charge in [0, 0.05) is 36.6 Å². The number of amides is 1. The van der Waals surface area contributed by atoms with Crippen LogP contribution in [0.5, 0.6) is 0 Å². The van der Waals surface area contributed by atoms with Crippen molar-refractivity contribution in [2.75, 3.05) is 30.3 Å². The molecule has 0 unspecified atom stereocenters. The van der Waals surface area contributed by atoms with Crippen LogP contribution >= 0.6 is 0 Å². The van der Waals surface area contributed by atoms with Crippen molar-refractivity contribution in [2.45, 2.75) is 32.7 Å². The number of carbonyl (C=O) groups excluding carboxylic acids is 1. The zero-order chi connectivity index (χ0) is 19.9. The van der Waals surface area contributed by atoms with Crippen LogP contribution in [0.1, 0.15) is 31.0 Å². The Morgan fingerprint density at radius 2 is 2.11 bits per heavy atom. The average molecular weight is 380 g/mol. The molecule has 3 rings (SSSR count). The first-order valence-corrected chi connectivity index (χ1v) is 9.38. The minimum absolute atomic E-state index is 0.197. The second-order valence-corrected chi connectivity index (χ2v) is 6.64. The number of hydrogen-bond acceptors (Lipinski definition) is 7. The van der Waals surface area contributed by atoms with Crippen LogP contribution in [0.15, 0.2) is 30.3 Å². The Labute approximate surface area is 164 Å². The molecule has 1 amide bonds. The van der Waals surface area contributed by atoms with Crippen molar-refractivity contribution in [3.8, 4) is 6.07 Å². The second kappa shape index (κ2) is 9.04. The summed E-state index contributed by atoms with van der Waals surface area (Å²) in [7, 11) is 0. The highest BCUT2D eigenvalue weighted by molar-refractivity contribution is 5.67. The Kier molecular flexibility index (Phi) is 6.27. The topological polar surface area (TPSA) is 103 Å². The van der Waals surface area contributed by atoms with E-state index in [9.17, 15) is 4.79 Å². The number of ether oxygens (including phenoxy) is 1. The van der Waals surface area contributed by atoms with Crippen molar-refractivity contribution in [2.24, 2.45) is 0 Å². The van der Waals surface area contributed by atoms with Gasteiger partial charge in [0.15, 0.2) is 0 Å². The molecular formula is C20H24N6O2. The first-order chi connectivity index (χ1) is 13.6. The van der Waals surface area contributed by atoms with Gasteiger partial charge < -0.3 is 20.3 Å². The molecule has 1 aromatic carbocycles. The van der Waals surface area contributed by atoms with Gasteiger partial charge in [0.05, 0.1) is 18.2 Å². The summed E-state index contributed by atoms with van der Waals surface area (Å²) in [4.78, 5) is 22.5. The number of piperidine rings is 1. The largest absolute Gasteiger partial charge is 0.450 e. The van der Waals surface area contributed by atoms with E-state index in [1.165, 1.54) is 0 Å². The fraction of sp³-hybridized carbons (Fsp3) is 0.400. The van der Waals surface area contributed by atoms with E-state index in [1.807, 2.05) is 32.0 Å². The van der Waals surface area contributed by atoms with Gasteiger partial charge in [-0.2, -0.15) is 10.2 Å². The molecule has 0 aliphatic carbocycles. The van der Waals surface area contributed by atoms with Gasteiger partial charge in [0.1, 0.15) is 5.82 Å². The Balaban J connectivity index is 1.62. The lowest BCUT2D eigenvalue weighted by Crippen LogP contribution is -2.42. The van der Waals surface area contributed by atoms with Gasteiger partial charge in [-0.1, -0.05) is 6.07 Å². The van der Waals surface area contributed by atoms with Crippen molar-refractivity contribution in [1.29, 1.82) is 5.26 Å². The number of nitriles is 1. The molecule has 1 aliphatic rings. The third kappa shape index (κ3) is 5.10. The first kappa shape index (κ1) is 19.4. The van der Waals surface area contributed by atoms with Crippen molar-refractivity contribution >= 4 is 23.5 Å². The lowest BCUT2D eigenvalue weighted by atomic mass is 10.1. The van der Waals surface area contributed by atoms with Gasteiger partial charge in [-0.15, -0.1) is 0 Å². The maximum absolute atomic E-state index is 11.8. The zero-order valence-corrected chi connectivity index (χ0v) is 16.1. The molecule has 146 valence electrons. The van der Waals surface area contributed by atoms with E-state index >= 15 is 0 Å². The lowest BCUT2D eigenvalue weighted by Gasteiger charge is -2.31. The molecule has 8 nitrogen and oxygen atoms in total. The average Bonchev–Trinajstić information content (AvgIpc) is 2.68. The number of aryl methyl sites for hydroxylation is 1. The molecular weight excluding hydrogens is 356 g/mol. The normalized spacial score (nSPS) is 14.2. The van der Waals surface area contributed by atoms with Crippen LogP contribution in [0.25, 0.3) is 0 Å². The third-order valence-electron chi connectivity index (χ3n) is 4.47. The maximum atomic E-state index is 11.8. The van der Waals surface area contributed by atoms with Gasteiger partial charge >= 0.3 is 6.09 Å². The van der Waals surface area contributed by atoms with E-state index in [-0.39, 0.29) is 12.1 Å². The van der Waals surface area contributed by atoms with Gasteiger partial charge in [-0.3, -0.25) is 0 Å². The molecule has 28 heavy (non-hydrogen) atoms. The molecule has 2 N–H and O–H groups in total. The van der Waals surface area contributed by atoms with E-state index in [2.05, 4.69) is 26.7 Å². The number of aromatic nitrogens is 2. The van der Waals surface area contributed by atoms with E-state index < -0.39 is 0 Å². The van der Waals surface area contributed by atoms with Crippen LogP contribution in [0.4, 0.5) is 22.2 Å². The molecule has 1 saturated heterocycles. The number of likely N-dealkylation sites (tertiary alicyclic amines) is 1. The highest BCUT2D eigenvalue weighted by Crippen LogP contribution is 2.20. The molecule has 2 heterocycles. The van der Waals surface area contributed by atoms with Gasteiger partial charge in [-0.05, 0) is 44.9 Å². The summed E-state index contributed by atoms with van der Waals surface area (Å²) in [6, 6.07) is 11.4. The SMILES string of the molecule is CCOC(=O)N1CCC(Nc2nc(C)cc(Nc3cccc(C#N)c3)n2)CC1. The van der Waals surface area contributed by atoms with E-state index in [4.69, 9.17) is 10.00 Å². The van der Waals surface area contributed by atoms with Gasteiger partial charge in [0.2, 0.25) is 5.95 Å². The zero-order valence-electron chi connectivity index (χ0n) is 16.1. The molecule has 0 spiro atoms. The van der Waals surface area contributed by atoms with Crippen LogP contribution in [0.3, 0.4) is 0 Å². The predicted molar refractivity (Wildman–Crippen MR) is 106 cm³/mol. The number of benzene rings is 1. The number of nitrogens with one attached hydrogen (secondary N) is 2. The summed E-state index contributed by atoms with van der Waals surface area (Å²) in [5.41, 5.74) is 2.22. The molecule has 0 bridgehead atoms. The van der Waals surface area contributed by atoms with Crippen LogP contribution in [-0.2, 0) is 4.74 Å². The third-order valence-corrected chi connectivity index (χ3v) is 4.47. The molecule has 1 fully saturated rings. The Morgan fingerprint density at radius 3 is 2.82 bits per heavy atom. The van der Waals surface area contributed by atoms with Gasteiger partial charge in [-0.25, -0.2) is 9.78 Å². The summed E-state index contributed by atoms with van der Waals surface area (Å²) >= 11 is 0. The highest BCUT2D eigenvalue weighted by atomic mass is 16.6. The van der Waals surface area contributed by atoms with Gasteiger partial charge in [0.25, 0.3) is 0 Å². The molecule has 0 saturated carbocycles. The number of nitrogens with zero attached hydrogens (tertiary/aromatic N) is 4. The van der Waals surface area contributed by atoms with Crippen molar-refractivity contribution < 1.29 is 9.53 Å². The summed E-state index contributed by atoms with van der Waals surface area (Å²) < 4.78 is 5.05. The fourth-order valence-electron chi connectivity index (χ4n) is 3.12. The smallest absolute Gasteiger partial charge is 0.409 e. The van der Waals surface area contributed by atoms with E-state index in [0.29, 0.717) is 37.0 Å². The Bertz CT molecular complexity index is 871.